The monoisotopic (exact) mass is 766 g/mol. The lowest BCUT2D eigenvalue weighted by molar-refractivity contribution is 0.0968. The summed E-state index contributed by atoms with van der Waals surface area (Å²) < 4.78 is 27.7. The van der Waals surface area contributed by atoms with Gasteiger partial charge in [-0.3, -0.25) is 9.59 Å². The van der Waals surface area contributed by atoms with Crippen molar-refractivity contribution in [3.05, 3.63) is 112 Å². The van der Waals surface area contributed by atoms with Gasteiger partial charge in [-0.15, -0.1) is 0 Å². The molecule has 0 amide bonds. The minimum atomic E-state index is -1.35. The molecule has 0 bridgehead atoms. The summed E-state index contributed by atoms with van der Waals surface area (Å²) in [7, 11) is 5.72. The zero-order valence-corrected chi connectivity index (χ0v) is 31.2. The van der Waals surface area contributed by atoms with Crippen LogP contribution in [0.4, 0.5) is 0 Å². The number of methoxy groups -OCH3 is 4. The van der Waals surface area contributed by atoms with E-state index in [2.05, 4.69) is 0 Å². The van der Waals surface area contributed by atoms with Crippen LogP contribution in [0.2, 0.25) is 0 Å². The summed E-state index contributed by atoms with van der Waals surface area (Å²) in [5, 5.41) is 67.0. The minimum absolute atomic E-state index is 0.0332. The lowest BCUT2D eigenvalue weighted by atomic mass is 9.81. The summed E-state index contributed by atoms with van der Waals surface area (Å²) in [4.78, 5) is 27.5. The minimum Gasteiger partial charge on any atom is -0.508 e. The van der Waals surface area contributed by atoms with E-state index in [0.717, 1.165) is 29.3 Å². The van der Waals surface area contributed by atoms with Crippen LogP contribution in [0.3, 0.4) is 0 Å². The highest BCUT2D eigenvalue weighted by molar-refractivity contribution is 6.03. The molecule has 0 aromatic heterocycles. The molecule has 0 spiro atoms. The quantitative estimate of drug-likeness (QED) is 0.0373. The number of benzene rings is 5. The zero-order chi connectivity index (χ0) is 40.3. The molecule has 0 saturated heterocycles. The smallest absolute Gasteiger partial charge is 0.170 e. The highest BCUT2D eigenvalue weighted by Crippen LogP contribution is 2.53. The molecule has 6 N–H and O–H groups in total. The van der Waals surface area contributed by atoms with Crippen molar-refractivity contribution in [3.8, 4) is 63.2 Å². The van der Waals surface area contributed by atoms with Crippen molar-refractivity contribution in [2.24, 2.45) is 0 Å². The SMILES string of the molecule is COc1ccc(CCC(=O)c2c(OC)cc3c(c2O)C[C@H]([C@@H](c2cc(O)c(O)cc2O)c2c(O)cc(OC)c(C(=O)CCc4ccc(OC)cc4)c2O)O3)cc1. The molecule has 0 unspecified atom stereocenters. The second-order valence-electron chi connectivity index (χ2n) is 13.3. The molecule has 56 heavy (non-hydrogen) atoms. The normalized spacial score (nSPS) is 13.7. The van der Waals surface area contributed by atoms with Gasteiger partial charge in [0, 0.05) is 54.2 Å². The van der Waals surface area contributed by atoms with Crippen LogP contribution in [0.5, 0.6) is 63.2 Å². The molecule has 1 aliphatic heterocycles. The number of carbonyl (C=O) groups is 2. The molecule has 1 aliphatic rings. The van der Waals surface area contributed by atoms with E-state index in [0.29, 0.717) is 24.3 Å². The van der Waals surface area contributed by atoms with Crippen LogP contribution in [0, 0.1) is 0 Å². The fourth-order valence-corrected chi connectivity index (χ4v) is 7.09. The van der Waals surface area contributed by atoms with Crippen molar-refractivity contribution >= 4 is 11.6 Å². The first-order valence-corrected chi connectivity index (χ1v) is 17.7. The van der Waals surface area contributed by atoms with Gasteiger partial charge < -0.3 is 54.3 Å². The summed E-state index contributed by atoms with van der Waals surface area (Å²) in [6.45, 7) is 0. The first kappa shape index (κ1) is 38.9. The topological polar surface area (TPSA) is 202 Å². The van der Waals surface area contributed by atoms with Crippen LogP contribution >= 0.6 is 0 Å². The van der Waals surface area contributed by atoms with E-state index in [1.165, 1.54) is 20.3 Å². The second kappa shape index (κ2) is 16.3. The van der Waals surface area contributed by atoms with Crippen molar-refractivity contribution in [2.45, 2.75) is 44.1 Å². The molecule has 5 aromatic rings. The average molecular weight is 767 g/mol. The number of ketones is 2. The molecule has 13 heteroatoms. The standard InChI is InChI=1S/C43H42O13/c1-52-24-11-5-22(6-12-24)9-15-28(44)39-36(55-4)21-34-27(42(39)50)18-37(56-34)38(26-17-31(47)32(48)19-30(26)46)41-33(49)20-35(54-3)40(43(41)51)29(45)16-10-23-7-13-25(53-2)14-8-23/h5-8,11-14,17,19-21,37-38,46-51H,9-10,15-16,18H2,1-4H3/t37-,38-/m1/s1. The Balaban J connectivity index is 1.39. The Kier molecular flexibility index (Phi) is 11.3. The van der Waals surface area contributed by atoms with Crippen molar-refractivity contribution in [3.63, 3.8) is 0 Å². The van der Waals surface area contributed by atoms with Crippen LogP contribution in [0.15, 0.2) is 72.8 Å². The summed E-state index contributed by atoms with van der Waals surface area (Å²) in [6.07, 6.45) is -0.657. The maximum atomic E-state index is 13.8. The van der Waals surface area contributed by atoms with Crippen molar-refractivity contribution in [1.82, 2.24) is 0 Å². The number of rotatable bonds is 15. The van der Waals surface area contributed by atoms with Gasteiger partial charge in [0.05, 0.1) is 34.4 Å². The van der Waals surface area contributed by atoms with Gasteiger partial charge in [-0.2, -0.15) is 0 Å². The fraction of sp³-hybridized carbons (Fsp3) is 0.256. The lowest BCUT2D eigenvalue weighted by Gasteiger charge is -2.28. The summed E-state index contributed by atoms with van der Waals surface area (Å²) in [5.41, 5.74) is 1.23. The van der Waals surface area contributed by atoms with E-state index in [4.69, 9.17) is 23.7 Å². The Hall–Kier alpha value is -6.76. The number of carbonyl (C=O) groups excluding carboxylic acids is 2. The van der Waals surface area contributed by atoms with E-state index in [9.17, 15) is 40.2 Å². The van der Waals surface area contributed by atoms with E-state index < -0.39 is 58.1 Å². The Morgan fingerprint density at radius 1 is 0.625 bits per heavy atom. The van der Waals surface area contributed by atoms with Gasteiger partial charge in [-0.25, -0.2) is 0 Å². The van der Waals surface area contributed by atoms with Gasteiger partial charge in [0.2, 0.25) is 0 Å². The molecular formula is C43H42O13. The Morgan fingerprint density at radius 3 is 1.64 bits per heavy atom. The van der Waals surface area contributed by atoms with Crippen LogP contribution < -0.4 is 23.7 Å². The molecule has 6 rings (SSSR count). The lowest BCUT2D eigenvalue weighted by Crippen LogP contribution is -2.25. The van der Waals surface area contributed by atoms with Crippen molar-refractivity contribution in [2.75, 3.05) is 28.4 Å². The summed E-state index contributed by atoms with van der Waals surface area (Å²) in [5.74, 6) is -4.33. The van der Waals surface area contributed by atoms with Crippen molar-refractivity contribution < 1.29 is 63.9 Å². The number of aromatic hydroxyl groups is 6. The molecule has 13 nitrogen and oxygen atoms in total. The zero-order valence-electron chi connectivity index (χ0n) is 31.2. The molecule has 0 radical (unpaired) electrons. The van der Waals surface area contributed by atoms with Gasteiger partial charge in [0.25, 0.3) is 0 Å². The third kappa shape index (κ3) is 7.61. The number of Topliss-reactive ketones (excluding diaryl/α,β-unsaturated/α-hetero) is 2. The first-order chi connectivity index (χ1) is 26.9. The maximum Gasteiger partial charge on any atom is 0.170 e. The number of hydrogen-bond acceptors (Lipinski definition) is 13. The number of ether oxygens (including phenoxy) is 5. The second-order valence-corrected chi connectivity index (χ2v) is 13.3. The van der Waals surface area contributed by atoms with Crippen molar-refractivity contribution in [1.29, 1.82) is 0 Å². The predicted molar refractivity (Wildman–Crippen MR) is 204 cm³/mol. The van der Waals surface area contributed by atoms with Crippen LogP contribution in [-0.2, 0) is 19.3 Å². The number of hydrogen-bond donors (Lipinski definition) is 6. The Bertz CT molecular complexity index is 2260. The largest absolute Gasteiger partial charge is 0.508 e. The van der Waals surface area contributed by atoms with Crippen LogP contribution in [0.1, 0.15) is 67.3 Å². The van der Waals surface area contributed by atoms with Crippen LogP contribution in [-0.4, -0.2) is 76.7 Å². The fourth-order valence-electron chi connectivity index (χ4n) is 7.09. The van der Waals surface area contributed by atoms with Gasteiger partial charge >= 0.3 is 0 Å². The van der Waals surface area contributed by atoms with E-state index in [-0.39, 0.29) is 64.3 Å². The molecule has 2 atom stereocenters. The summed E-state index contributed by atoms with van der Waals surface area (Å²) in [6, 6.07) is 18.9. The van der Waals surface area contributed by atoms with E-state index >= 15 is 0 Å². The average Bonchev–Trinajstić information content (AvgIpc) is 3.63. The number of phenols is 6. The third-order valence-electron chi connectivity index (χ3n) is 10.0. The van der Waals surface area contributed by atoms with Gasteiger partial charge in [-0.1, -0.05) is 24.3 Å². The van der Waals surface area contributed by atoms with Gasteiger partial charge in [0.15, 0.2) is 23.1 Å². The van der Waals surface area contributed by atoms with Gasteiger partial charge in [0.1, 0.15) is 69.0 Å². The molecular weight excluding hydrogens is 724 g/mol. The molecule has 5 aromatic carbocycles. The highest BCUT2D eigenvalue weighted by atomic mass is 16.5. The van der Waals surface area contributed by atoms with Gasteiger partial charge in [-0.05, 0) is 54.3 Å². The number of fused-ring (bicyclic) bond motifs is 1. The molecule has 292 valence electrons. The first-order valence-electron chi connectivity index (χ1n) is 17.7. The Morgan fingerprint density at radius 2 is 1.12 bits per heavy atom. The Labute approximate surface area is 322 Å². The third-order valence-corrected chi connectivity index (χ3v) is 10.0. The molecule has 1 heterocycles. The van der Waals surface area contributed by atoms with E-state index in [1.807, 2.05) is 12.1 Å². The summed E-state index contributed by atoms with van der Waals surface area (Å²) >= 11 is 0. The van der Waals surface area contributed by atoms with E-state index in [1.54, 1.807) is 50.6 Å². The predicted octanol–water partition coefficient (Wildman–Crippen LogP) is 6.72. The maximum absolute atomic E-state index is 13.8. The molecule has 0 fully saturated rings. The number of phenolic OH excluding ortho intramolecular Hbond substituents is 6. The molecule has 0 aliphatic carbocycles. The van der Waals surface area contributed by atoms with Crippen LogP contribution in [0.25, 0.3) is 0 Å². The molecule has 0 saturated carbocycles. The number of aryl methyl sites for hydroxylation is 2. The highest BCUT2D eigenvalue weighted by Gasteiger charge is 2.42.